The van der Waals surface area contributed by atoms with Crippen LogP contribution in [-0.4, -0.2) is 47.9 Å². The van der Waals surface area contributed by atoms with E-state index >= 15 is 0 Å². The second kappa shape index (κ2) is 10.8. The summed E-state index contributed by atoms with van der Waals surface area (Å²) >= 11 is 0. The molecular formula is C26H24F4N4O2. The number of rotatable bonds is 6. The minimum atomic E-state index is -4.60. The Hall–Kier alpha value is -3.95. The highest BCUT2D eigenvalue weighted by Gasteiger charge is 2.36. The van der Waals surface area contributed by atoms with Crippen LogP contribution in [0.15, 0.2) is 66.9 Å². The Labute approximate surface area is 205 Å². The van der Waals surface area contributed by atoms with E-state index in [0.29, 0.717) is 25.3 Å². The van der Waals surface area contributed by atoms with E-state index in [4.69, 9.17) is 0 Å². The van der Waals surface area contributed by atoms with Crippen molar-refractivity contribution >= 4 is 23.3 Å². The number of hydrogen-bond donors (Lipinski definition) is 1. The number of amides is 2. The predicted molar refractivity (Wildman–Crippen MR) is 127 cm³/mol. The largest absolute Gasteiger partial charge is 0.417 e. The van der Waals surface area contributed by atoms with Gasteiger partial charge < -0.3 is 15.1 Å². The fourth-order valence-electron chi connectivity index (χ4n) is 4.02. The SMILES string of the molecule is O=C(CCc1ccc(F)cc1)Nc1ccc(N2CCN(C(=O)c3ccccc3C(F)(F)F)CC2)cn1. The lowest BCUT2D eigenvalue weighted by Gasteiger charge is -2.36. The topological polar surface area (TPSA) is 65.5 Å². The minimum Gasteiger partial charge on any atom is -0.367 e. The summed E-state index contributed by atoms with van der Waals surface area (Å²) in [4.78, 5) is 32.6. The zero-order valence-corrected chi connectivity index (χ0v) is 19.3. The van der Waals surface area contributed by atoms with Gasteiger partial charge in [0.2, 0.25) is 5.91 Å². The first kappa shape index (κ1) is 25.2. The number of nitrogens with zero attached hydrogens (tertiary/aromatic N) is 3. The Balaban J connectivity index is 1.29. The quantitative estimate of drug-likeness (QED) is 0.495. The number of piperazine rings is 1. The molecule has 188 valence electrons. The molecule has 0 unspecified atom stereocenters. The first-order valence-corrected chi connectivity index (χ1v) is 11.4. The van der Waals surface area contributed by atoms with Crippen molar-refractivity contribution in [2.45, 2.75) is 19.0 Å². The van der Waals surface area contributed by atoms with Gasteiger partial charge in [0.25, 0.3) is 5.91 Å². The van der Waals surface area contributed by atoms with E-state index in [9.17, 15) is 27.2 Å². The maximum Gasteiger partial charge on any atom is 0.417 e. The summed E-state index contributed by atoms with van der Waals surface area (Å²) < 4.78 is 52.8. The summed E-state index contributed by atoms with van der Waals surface area (Å²) in [5.74, 6) is -0.794. The smallest absolute Gasteiger partial charge is 0.367 e. The van der Waals surface area contributed by atoms with Crippen molar-refractivity contribution in [3.8, 4) is 0 Å². The molecule has 2 amide bonds. The summed E-state index contributed by atoms with van der Waals surface area (Å²) in [5.41, 5.74) is 0.355. The molecule has 1 aromatic heterocycles. The molecule has 1 aliphatic heterocycles. The average molecular weight is 500 g/mol. The van der Waals surface area contributed by atoms with E-state index in [1.165, 1.54) is 35.2 Å². The van der Waals surface area contributed by atoms with E-state index in [0.717, 1.165) is 17.3 Å². The summed E-state index contributed by atoms with van der Waals surface area (Å²) in [5, 5.41) is 2.72. The molecule has 0 atom stereocenters. The number of hydrogen-bond acceptors (Lipinski definition) is 4. The molecule has 36 heavy (non-hydrogen) atoms. The van der Waals surface area contributed by atoms with Gasteiger partial charge in [0.1, 0.15) is 11.6 Å². The van der Waals surface area contributed by atoms with Crippen molar-refractivity contribution < 1.29 is 27.2 Å². The third-order valence-electron chi connectivity index (χ3n) is 5.96. The van der Waals surface area contributed by atoms with Gasteiger partial charge in [-0.1, -0.05) is 24.3 Å². The van der Waals surface area contributed by atoms with Gasteiger partial charge in [-0.15, -0.1) is 0 Å². The van der Waals surface area contributed by atoms with Crippen LogP contribution in [0.1, 0.15) is 27.9 Å². The molecule has 0 radical (unpaired) electrons. The highest BCUT2D eigenvalue weighted by atomic mass is 19.4. The van der Waals surface area contributed by atoms with Gasteiger partial charge in [0.15, 0.2) is 0 Å². The van der Waals surface area contributed by atoms with Crippen molar-refractivity contribution in [3.05, 3.63) is 89.4 Å². The second-order valence-corrected chi connectivity index (χ2v) is 8.40. The Morgan fingerprint density at radius 1 is 0.917 bits per heavy atom. The van der Waals surface area contributed by atoms with E-state index in [-0.39, 0.29) is 36.8 Å². The van der Waals surface area contributed by atoms with Crippen molar-refractivity contribution in [2.24, 2.45) is 0 Å². The average Bonchev–Trinajstić information content (AvgIpc) is 2.88. The normalized spacial score (nSPS) is 14.0. The summed E-state index contributed by atoms with van der Waals surface area (Å²) in [7, 11) is 0. The first-order valence-electron chi connectivity index (χ1n) is 11.4. The highest BCUT2D eigenvalue weighted by Crippen LogP contribution is 2.32. The van der Waals surface area contributed by atoms with Crippen molar-refractivity contribution in [1.29, 1.82) is 0 Å². The van der Waals surface area contributed by atoms with E-state index < -0.39 is 17.6 Å². The lowest BCUT2D eigenvalue weighted by molar-refractivity contribution is -0.138. The number of carbonyl (C=O) groups is 2. The number of pyridine rings is 1. The molecule has 1 aliphatic rings. The van der Waals surface area contributed by atoms with E-state index in [1.807, 2.05) is 4.90 Å². The number of aromatic nitrogens is 1. The molecule has 1 fully saturated rings. The number of halogens is 4. The van der Waals surface area contributed by atoms with Crippen LogP contribution in [0, 0.1) is 5.82 Å². The van der Waals surface area contributed by atoms with Gasteiger partial charge in [-0.3, -0.25) is 9.59 Å². The fraction of sp³-hybridized carbons (Fsp3) is 0.269. The van der Waals surface area contributed by atoms with Crippen LogP contribution < -0.4 is 10.2 Å². The number of anilines is 2. The van der Waals surface area contributed by atoms with Crippen LogP contribution in [0.2, 0.25) is 0 Å². The minimum absolute atomic E-state index is 0.217. The Morgan fingerprint density at radius 2 is 1.61 bits per heavy atom. The molecule has 1 saturated heterocycles. The molecule has 10 heteroatoms. The Morgan fingerprint density at radius 3 is 2.25 bits per heavy atom. The van der Waals surface area contributed by atoms with E-state index in [1.54, 1.807) is 30.5 Å². The number of alkyl halides is 3. The fourth-order valence-corrected chi connectivity index (χ4v) is 4.02. The second-order valence-electron chi connectivity index (χ2n) is 8.40. The molecule has 0 saturated carbocycles. The molecule has 0 bridgehead atoms. The van der Waals surface area contributed by atoms with Crippen molar-refractivity contribution in [1.82, 2.24) is 9.88 Å². The van der Waals surface area contributed by atoms with Gasteiger partial charge in [0, 0.05) is 32.6 Å². The number of aryl methyl sites for hydroxylation is 1. The lowest BCUT2D eigenvalue weighted by atomic mass is 10.1. The van der Waals surface area contributed by atoms with Gasteiger partial charge in [-0.25, -0.2) is 9.37 Å². The maximum atomic E-state index is 13.3. The van der Waals surface area contributed by atoms with Crippen LogP contribution >= 0.6 is 0 Å². The van der Waals surface area contributed by atoms with Gasteiger partial charge in [-0.2, -0.15) is 13.2 Å². The van der Waals surface area contributed by atoms with Gasteiger partial charge >= 0.3 is 6.18 Å². The van der Waals surface area contributed by atoms with Crippen LogP contribution in [-0.2, 0) is 17.4 Å². The number of benzene rings is 2. The first-order chi connectivity index (χ1) is 17.2. The Kier molecular flexibility index (Phi) is 7.52. The monoisotopic (exact) mass is 500 g/mol. The van der Waals surface area contributed by atoms with E-state index in [2.05, 4.69) is 10.3 Å². The predicted octanol–water partition coefficient (Wildman–Crippen LogP) is 4.77. The van der Waals surface area contributed by atoms with Crippen LogP contribution in [0.25, 0.3) is 0 Å². The van der Waals surface area contributed by atoms with Crippen LogP contribution in [0.4, 0.5) is 29.1 Å². The summed E-state index contributed by atoms with van der Waals surface area (Å²) in [6, 6.07) is 14.2. The molecular weight excluding hydrogens is 476 g/mol. The molecule has 6 nitrogen and oxygen atoms in total. The molecule has 2 heterocycles. The molecule has 1 N–H and O–H groups in total. The number of carbonyl (C=O) groups excluding carboxylic acids is 2. The van der Waals surface area contributed by atoms with Crippen molar-refractivity contribution in [3.63, 3.8) is 0 Å². The van der Waals surface area contributed by atoms with Gasteiger partial charge in [-0.05, 0) is 48.4 Å². The third-order valence-corrected chi connectivity index (χ3v) is 5.96. The molecule has 0 aliphatic carbocycles. The molecule has 0 spiro atoms. The third kappa shape index (κ3) is 6.18. The number of nitrogens with one attached hydrogen (secondary N) is 1. The molecule has 4 rings (SSSR count). The summed E-state index contributed by atoms with van der Waals surface area (Å²) in [6.45, 7) is 1.41. The van der Waals surface area contributed by atoms with Gasteiger partial charge in [0.05, 0.1) is 23.0 Å². The molecule has 3 aromatic rings. The summed E-state index contributed by atoms with van der Waals surface area (Å²) in [6.07, 6.45) is -2.30. The van der Waals surface area contributed by atoms with Crippen LogP contribution in [0.3, 0.4) is 0 Å². The van der Waals surface area contributed by atoms with Crippen molar-refractivity contribution in [2.75, 3.05) is 36.4 Å². The van der Waals surface area contributed by atoms with Crippen LogP contribution in [0.5, 0.6) is 0 Å². The lowest BCUT2D eigenvalue weighted by Crippen LogP contribution is -2.49. The highest BCUT2D eigenvalue weighted by molar-refractivity contribution is 5.96. The molecule has 2 aromatic carbocycles. The standard InChI is InChI=1S/C26H24F4N4O2/c27-19-8-5-18(6-9-19)7-12-24(35)32-23-11-10-20(17-31-23)33-13-15-34(16-14-33)25(36)21-3-1-2-4-22(21)26(28,29)30/h1-6,8-11,17H,7,12-16H2,(H,31,32,35). The zero-order chi connectivity index (χ0) is 25.7. The Bertz CT molecular complexity index is 1210. The zero-order valence-electron chi connectivity index (χ0n) is 19.3. The maximum absolute atomic E-state index is 13.3.